The fourth-order valence-corrected chi connectivity index (χ4v) is 1.48. The zero-order chi connectivity index (χ0) is 11.3. The number of benzene rings is 1. The fraction of sp³-hybridized carbons (Fsp3) is 0.182. The van der Waals surface area contributed by atoms with Crippen molar-refractivity contribution in [3.05, 3.63) is 34.1 Å². The molecule has 1 aromatic rings. The Labute approximate surface area is 96.0 Å². The largest absolute Gasteiger partial charge is 0.345 e. The van der Waals surface area contributed by atoms with E-state index in [1.807, 2.05) is 0 Å². The average molecular weight is 270 g/mol. The molecule has 0 spiro atoms. The maximum absolute atomic E-state index is 13.4. The minimum Gasteiger partial charge on any atom is -0.345 e. The molecule has 0 heterocycles. The first-order valence-corrected chi connectivity index (χ1v) is 5.07. The van der Waals surface area contributed by atoms with Crippen LogP contribution in [0.15, 0.2) is 22.7 Å². The summed E-state index contributed by atoms with van der Waals surface area (Å²) in [4.78, 5) is 11.2. The standard InChI is InChI=1S/C11H9BrFNO/c1-2-6-14-10(15)7-8-4-3-5-9(12)11(8)13/h1,3-5H,6-7H2,(H,14,15). The lowest BCUT2D eigenvalue weighted by atomic mass is 10.1. The summed E-state index contributed by atoms with van der Waals surface area (Å²) in [5, 5.41) is 2.47. The van der Waals surface area contributed by atoms with Gasteiger partial charge in [0.1, 0.15) is 5.82 Å². The quantitative estimate of drug-likeness (QED) is 0.835. The van der Waals surface area contributed by atoms with Crippen LogP contribution in [0.1, 0.15) is 5.56 Å². The van der Waals surface area contributed by atoms with Crippen molar-refractivity contribution in [2.45, 2.75) is 6.42 Å². The van der Waals surface area contributed by atoms with Gasteiger partial charge in [0, 0.05) is 0 Å². The third-order valence-electron chi connectivity index (χ3n) is 1.77. The Morgan fingerprint density at radius 1 is 1.60 bits per heavy atom. The lowest BCUT2D eigenvalue weighted by Crippen LogP contribution is -2.25. The van der Waals surface area contributed by atoms with Crippen LogP contribution in [0.5, 0.6) is 0 Å². The summed E-state index contributed by atoms with van der Waals surface area (Å²) in [5.74, 6) is 1.58. The second-order valence-electron chi connectivity index (χ2n) is 2.87. The number of hydrogen-bond donors (Lipinski definition) is 1. The normalized spacial score (nSPS) is 9.40. The van der Waals surface area contributed by atoms with Crippen molar-refractivity contribution >= 4 is 21.8 Å². The average Bonchev–Trinajstić information content (AvgIpc) is 2.22. The van der Waals surface area contributed by atoms with Crippen LogP contribution in [0.4, 0.5) is 4.39 Å². The summed E-state index contributed by atoms with van der Waals surface area (Å²) in [6.07, 6.45) is 4.97. The van der Waals surface area contributed by atoms with E-state index < -0.39 is 5.82 Å². The minimum atomic E-state index is -0.409. The minimum absolute atomic E-state index is 0.00699. The van der Waals surface area contributed by atoms with Gasteiger partial charge in [-0.15, -0.1) is 6.42 Å². The van der Waals surface area contributed by atoms with Crippen LogP contribution in [-0.4, -0.2) is 12.5 Å². The summed E-state index contributed by atoms with van der Waals surface area (Å²) in [6.45, 7) is 0.161. The van der Waals surface area contributed by atoms with Gasteiger partial charge < -0.3 is 5.32 Å². The van der Waals surface area contributed by atoms with E-state index in [4.69, 9.17) is 6.42 Å². The van der Waals surface area contributed by atoms with E-state index in [2.05, 4.69) is 27.2 Å². The molecule has 0 aliphatic rings. The molecule has 1 N–H and O–H groups in total. The van der Waals surface area contributed by atoms with Crippen LogP contribution < -0.4 is 5.32 Å². The van der Waals surface area contributed by atoms with E-state index >= 15 is 0 Å². The van der Waals surface area contributed by atoms with Gasteiger partial charge in [-0.3, -0.25) is 4.79 Å². The molecule has 0 saturated heterocycles. The molecule has 4 heteroatoms. The number of nitrogens with one attached hydrogen (secondary N) is 1. The maximum atomic E-state index is 13.4. The molecule has 0 fully saturated rings. The van der Waals surface area contributed by atoms with Gasteiger partial charge in [-0.25, -0.2) is 4.39 Å². The molecule has 1 rings (SSSR count). The Balaban J connectivity index is 2.69. The highest BCUT2D eigenvalue weighted by Crippen LogP contribution is 2.18. The molecule has 0 radical (unpaired) electrons. The van der Waals surface area contributed by atoms with E-state index in [0.717, 1.165) is 0 Å². The zero-order valence-electron chi connectivity index (χ0n) is 7.89. The Morgan fingerprint density at radius 2 is 2.33 bits per heavy atom. The van der Waals surface area contributed by atoms with Gasteiger partial charge in [-0.1, -0.05) is 18.1 Å². The van der Waals surface area contributed by atoms with Crippen LogP contribution in [0, 0.1) is 18.2 Å². The summed E-state index contributed by atoms with van der Waals surface area (Å²) >= 11 is 3.05. The lowest BCUT2D eigenvalue weighted by Gasteiger charge is -2.04. The van der Waals surface area contributed by atoms with E-state index in [-0.39, 0.29) is 18.9 Å². The predicted octanol–water partition coefficient (Wildman–Crippen LogP) is 1.88. The van der Waals surface area contributed by atoms with Gasteiger partial charge in [0.05, 0.1) is 17.4 Å². The van der Waals surface area contributed by atoms with E-state index in [1.165, 1.54) is 0 Å². The molecule has 2 nitrogen and oxygen atoms in total. The van der Waals surface area contributed by atoms with Crippen molar-refractivity contribution in [1.82, 2.24) is 5.32 Å². The van der Waals surface area contributed by atoms with Crippen LogP contribution in [-0.2, 0) is 11.2 Å². The molecule has 1 amide bonds. The first-order valence-electron chi connectivity index (χ1n) is 4.28. The van der Waals surface area contributed by atoms with Gasteiger partial charge >= 0.3 is 0 Å². The molecule has 0 aliphatic heterocycles. The van der Waals surface area contributed by atoms with Crippen molar-refractivity contribution in [1.29, 1.82) is 0 Å². The van der Waals surface area contributed by atoms with Gasteiger partial charge in [0.25, 0.3) is 0 Å². The smallest absolute Gasteiger partial charge is 0.225 e. The first-order chi connectivity index (χ1) is 7.15. The van der Waals surface area contributed by atoms with Crippen molar-refractivity contribution in [3.63, 3.8) is 0 Å². The van der Waals surface area contributed by atoms with Crippen molar-refractivity contribution in [3.8, 4) is 12.3 Å². The van der Waals surface area contributed by atoms with Crippen LogP contribution in [0.2, 0.25) is 0 Å². The summed E-state index contributed by atoms with van der Waals surface area (Å²) < 4.78 is 13.8. The topological polar surface area (TPSA) is 29.1 Å². The van der Waals surface area contributed by atoms with E-state index in [0.29, 0.717) is 10.0 Å². The Hall–Kier alpha value is -1.34. The van der Waals surface area contributed by atoms with Crippen molar-refractivity contribution in [2.24, 2.45) is 0 Å². The highest BCUT2D eigenvalue weighted by Gasteiger charge is 2.09. The Bertz CT molecular complexity index is 412. The maximum Gasteiger partial charge on any atom is 0.225 e. The Kier molecular flexibility index (Phi) is 4.32. The number of halogens is 2. The van der Waals surface area contributed by atoms with Gasteiger partial charge in [-0.2, -0.15) is 0 Å². The predicted molar refractivity (Wildman–Crippen MR) is 59.6 cm³/mol. The second kappa shape index (κ2) is 5.52. The number of terminal acetylenes is 1. The third-order valence-corrected chi connectivity index (χ3v) is 2.38. The number of carbonyl (C=O) groups excluding carboxylic acids is 1. The fourth-order valence-electron chi connectivity index (χ4n) is 1.07. The lowest BCUT2D eigenvalue weighted by molar-refractivity contribution is -0.120. The molecule has 0 bridgehead atoms. The Morgan fingerprint density at radius 3 is 3.00 bits per heavy atom. The molecule has 15 heavy (non-hydrogen) atoms. The summed E-state index contributed by atoms with van der Waals surface area (Å²) in [7, 11) is 0. The second-order valence-corrected chi connectivity index (χ2v) is 3.72. The molecular formula is C11H9BrFNO. The van der Waals surface area contributed by atoms with Crippen LogP contribution >= 0.6 is 15.9 Å². The van der Waals surface area contributed by atoms with Crippen LogP contribution in [0.3, 0.4) is 0 Å². The highest BCUT2D eigenvalue weighted by molar-refractivity contribution is 9.10. The monoisotopic (exact) mass is 269 g/mol. The molecule has 0 aromatic heterocycles. The molecular weight excluding hydrogens is 261 g/mol. The van der Waals surface area contributed by atoms with E-state index in [9.17, 15) is 9.18 Å². The molecule has 1 aromatic carbocycles. The molecule has 0 atom stereocenters. The molecule has 0 aliphatic carbocycles. The first kappa shape index (κ1) is 11.7. The highest BCUT2D eigenvalue weighted by atomic mass is 79.9. The van der Waals surface area contributed by atoms with Gasteiger partial charge in [0.2, 0.25) is 5.91 Å². The number of amides is 1. The van der Waals surface area contributed by atoms with Gasteiger partial charge in [-0.05, 0) is 27.6 Å². The van der Waals surface area contributed by atoms with Crippen molar-refractivity contribution in [2.75, 3.05) is 6.54 Å². The molecule has 0 saturated carbocycles. The zero-order valence-corrected chi connectivity index (χ0v) is 9.47. The molecule has 0 unspecified atom stereocenters. The van der Waals surface area contributed by atoms with Crippen molar-refractivity contribution < 1.29 is 9.18 Å². The van der Waals surface area contributed by atoms with E-state index in [1.54, 1.807) is 18.2 Å². The number of hydrogen-bond acceptors (Lipinski definition) is 1. The summed E-state index contributed by atoms with van der Waals surface area (Å²) in [5.41, 5.74) is 0.346. The molecule has 78 valence electrons. The van der Waals surface area contributed by atoms with Gasteiger partial charge in [0.15, 0.2) is 0 Å². The summed E-state index contributed by atoms with van der Waals surface area (Å²) in [6, 6.07) is 4.82. The van der Waals surface area contributed by atoms with Crippen LogP contribution in [0.25, 0.3) is 0 Å². The third kappa shape index (κ3) is 3.37. The SMILES string of the molecule is C#CCNC(=O)Cc1cccc(Br)c1F. The number of carbonyl (C=O) groups is 1. The number of rotatable bonds is 3.